The third-order valence-electron chi connectivity index (χ3n) is 2.43. The van der Waals surface area contributed by atoms with Gasteiger partial charge in [-0.15, -0.1) is 11.3 Å². The smallest absolute Gasteiger partial charge is 0.0931 e. The Morgan fingerprint density at radius 2 is 2.13 bits per heavy atom. The van der Waals surface area contributed by atoms with E-state index in [-0.39, 0.29) is 6.04 Å². The lowest BCUT2D eigenvalue weighted by atomic mass is 10.1. The first-order valence-electron chi connectivity index (χ1n) is 5.17. The molecule has 1 aromatic rings. The van der Waals surface area contributed by atoms with Crippen LogP contribution in [0.5, 0.6) is 0 Å². The maximum absolute atomic E-state index is 6.01. The predicted octanol–water partition coefficient (Wildman–Crippen LogP) is 2.82. The van der Waals surface area contributed by atoms with Gasteiger partial charge in [0.05, 0.1) is 4.34 Å². The first kappa shape index (κ1) is 13.0. The van der Waals surface area contributed by atoms with Crippen molar-refractivity contribution in [3.8, 4) is 0 Å². The van der Waals surface area contributed by atoms with Gasteiger partial charge in [-0.1, -0.05) is 25.4 Å². The van der Waals surface area contributed by atoms with Crippen molar-refractivity contribution in [2.75, 3.05) is 13.6 Å². The van der Waals surface area contributed by atoms with Gasteiger partial charge in [-0.25, -0.2) is 0 Å². The summed E-state index contributed by atoms with van der Waals surface area (Å²) in [6.07, 6.45) is 0. The Morgan fingerprint density at radius 1 is 1.47 bits per heavy atom. The van der Waals surface area contributed by atoms with Crippen LogP contribution < -0.4 is 5.73 Å². The van der Waals surface area contributed by atoms with Crippen LogP contribution in [-0.2, 0) is 6.54 Å². The molecule has 4 heteroatoms. The Kier molecular flexibility index (Phi) is 5.06. The van der Waals surface area contributed by atoms with Crippen LogP contribution in [-0.4, -0.2) is 24.5 Å². The van der Waals surface area contributed by atoms with E-state index in [9.17, 15) is 0 Å². The molecule has 86 valence electrons. The average molecular weight is 247 g/mol. The Balaban J connectivity index is 2.39. The molecule has 0 radical (unpaired) electrons. The highest BCUT2D eigenvalue weighted by Gasteiger charge is 2.11. The zero-order chi connectivity index (χ0) is 11.4. The van der Waals surface area contributed by atoms with Crippen molar-refractivity contribution in [3.05, 3.63) is 21.3 Å². The van der Waals surface area contributed by atoms with Crippen molar-refractivity contribution in [1.82, 2.24) is 4.90 Å². The summed E-state index contributed by atoms with van der Waals surface area (Å²) < 4.78 is 0.853. The van der Waals surface area contributed by atoms with E-state index in [2.05, 4.69) is 31.9 Å². The summed E-state index contributed by atoms with van der Waals surface area (Å²) in [6, 6.07) is 4.26. The Bertz CT molecular complexity index is 299. The van der Waals surface area contributed by atoms with Crippen LogP contribution in [0, 0.1) is 5.92 Å². The molecule has 1 heterocycles. The molecule has 0 saturated carbocycles. The van der Waals surface area contributed by atoms with E-state index >= 15 is 0 Å². The number of nitrogens with zero attached hydrogens (tertiary/aromatic N) is 1. The minimum atomic E-state index is 0.241. The zero-order valence-electron chi connectivity index (χ0n) is 9.53. The number of likely N-dealkylation sites (N-methyl/N-ethyl adjacent to an activating group) is 1. The highest BCUT2D eigenvalue weighted by Crippen LogP contribution is 2.22. The van der Waals surface area contributed by atoms with Crippen molar-refractivity contribution in [3.63, 3.8) is 0 Å². The van der Waals surface area contributed by atoms with Gasteiger partial charge in [0, 0.05) is 24.0 Å². The Hall–Kier alpha value is -0.0900. The molecule has 2 N–H and O–H groups in total. The summed E-state index contributed by atoms with van der Waals surface area (Å²) in [7, 11) is 2.09. The summed E-state index contributed by atoms with van der Waals surface area (Å²) in [5.74, 6) is 0.527. The van der Waals surface area contributed by atoms with Crippen molar-refractivity contribution in [1.29, 1.82) is 0 Å². The largest absolute Gasteiger partial charge is 0.326 e. The summed E-state index contributed by atoms with van der Waals surface area (Å²) in [4.78, 5) is 3.53. The van der Waals surface area contributed by atoms with E-state index in [4.69, 9.17) is 17.3 Å². The van der Waals surface area contributed by atoms with Gasteiger partial charge in [-0.2, -0.15) is 0 Å². The molecule has 2 nitrogen and oxygen atoms in total. The number of rotatable bonds is 5. The highest BCUT2D eigenvalue weighted by atomic mass is 35.5. The van der Waals surface area contributed by atoms with E-state index in [1.54, 1.807) is 11.3 Å². The molecule has 0 aliphatic heterocycles. The number of thiophene rings is 1. The fraction of sp³-hybridized carbons (Fsp3) is 0.636. The summed E-state index contributed by atoms with van der Waals surface area (Å²) in [6.45, 7) is 6.16. The van der Waals surface area contributed by atoms with E-state index in [0.29, 0.717) is 5.92 Å². The monoisotopic (exact) mass is 246 g/mol. The van der Waals surface area contributed by atoms with Gasteiger partial charge >= 0.3 is 0 Å². The van der Waals surface area contributed by atoms with E-state index in [0.717, 1.165) is 17.4 Å². The van der Waals surface area contributed by atoms with Crippen LogP contribution in [0.3, 0.4) is 0 Å². The topological polar surface area (TPSA) is 29.3 Å². The molecule has 0 fully saturated rings. The van der Waals surface area contributed by atoms with Gasteiger partial charge in [0.15, 0.2) is 0 Å². The Morgan fingerprint density at radius 3 is 2.60 bits per heavy atom. The molecule has 0 aliphatic rings. The van der Waals surface area contributed by atoms with Crippen molar-refractivity contribution < 1.29 is 0 Å². The standard InChI is InChI=1S/C11H19ClN2S/c1-8(2)10(13)7-14(3)6-9-4-5-11(12)15-9/h4-5,8,10H,6-7,13H2,1-3H3. The van der Waals surface area contributed by atoms with Crippen LogP contribution in [0.4, 0.5) is 0 Å². The molecule has 0 saturated heterocycles. The molecule has 0 amide bonds. The van der Waals surface area contributed by atoms with Gasteiger partial charge in [0.2, 0.25) is 0 Å². The van der Waals surface area contributed by atoms with Crippen molar-refractivity contribution in [2.24, 2.45) is 11.7 Å². The van der Waals surface area contributed by atoms with E-state index in [1.165, 1.54) is 4.88 Å². The molecular formula is C11H19ClN2S. The van der Waals surface area contributed by atoms with Crippen molar-refractivity contribution >= 4 is 22.9 Å². The third-order valence-corrected chi connectivity index (χ3v) is 3.65. The van der Waals surface area contributed by atoms with Gasteiger partial charge in [-0.05, 0) is 25.1 Å². The Labute approximate surface area is 101 Å². The van der Waals surface area contributed by atoms with Crippen LogP contribution in [0.25, 0.3) is 0 Å². The minimum Gasteiger partial charge on any atom is -0.326 e. The van der Waals surface area contributed by atoms with Crippen LogP contribution in [0.1, 0.15) is 18.7 Å². The summed E-state index contributed by atoms with van der Waals surface area (Å²) in [5, 5.41) is 0. The maximum atomic E-state index is 6.01. The molecule has 1 unspecified atom stereocenters. The van der Waals surface area contributed by atoms with Gasteiger partial charge in [-0.3, -0.25) is 4.90 Å². The average Bonchev–Trinajstić information content (AvgIpc) is 2.50. The maximum Gasteiger partial charge on any atom is 0.0931 e. The van der Waals surface area contributed by atoms with Crippen LogP contribution in [0.2, 0.25) is 4.34 Å². The van der Waals surface area contributed by atoms with Crippen LogP contribution >= 0.6 is 22.9 Å². The normalized spacial score (nSPS) is 13.8. The van der Waals surface area contributed by atoms with E-state index in [1.807, 2.05) is 6.07 Å². The molecule has 15 heavy (non-hydrogen) atoms. The highest BCUT2D eigenvalue weighted by molar-refractivity contribution is 7.16. The quantitative estimate of drug-likeness (QED) is 0.866. The second kappa shape index (κ2) is 5.85. The number of hydrogen-bond acceptors (Lipinski definition) is 3. The lowest BCUT2D eigenvalue weighted by Gasteiger charge is -2.23. The lowest BCUT2D eigenvalue weighted by Crippen LogP contribution is -2.38. The molecule has 0 spiro atoms. The third kappa shape index (κ3) is 4.51. The minimum absolute atomic E-state index is 0.241. The zero-order valence-corrected chi connectivity index (χ0v) is 11.1. The predicted molar refractivity (Wildman–Crippen MR) is 68.5 cm³/mol. The number of halogens is 1. The summed E-state index contributed by atoms with van der Waals surface area (Å²) >= 11 is 7.51. The van der Waals surface area contributed by atoms with Gasteiger partial charge in [0.1, 0.15) is 0 Å². The second-order valence-electron chi connectivity index (χ2n) is 4.31. The summed E-state index contributed by atoms with van der Waals surface area (Å²) in [5.41, 5.74) is 6.01. The van der Waals surface area contributed by atoms with E-state index < -0.39 is 0 Å². The second-order valence-corrected chi connectivity index (χ2v) is 6.11. The van der Waals surface area contributed by atoms with Gasteiger partial charge < -0.3 is 5.73 Å². The lowest BCUT2D eigenvalue weighted by molar-refractivity contribution is 0.278. The fourth-order valence-corrected chi connectivity index (χ4v) is 2.51. The van der Waals surface area contributed by atoms with Gasteiger partial charge in [0.25, 0.3) is 0 Å². The molecular weight excluding hydrogens is 228 g/mol. The first-order chi connectivity index (χ1) is 6.99. The molecule has 0 bridgehead atoms. The van der Waals surface area contributed by atoms with Crippen molar-refractivity contribution in [2.45, 2.75) is 26.4 Å². The number of hydrogen-bond donors (Lipinski definition) is 1. The molecule has 1 atom stereocenters. The molecule has 0 aromatic carbocycles. The molecule has 0 aliphatic carbocycles. The van der Waals surface area contributed by atoms with Crippen LogP contribution in [0.15, 0.2) is 12.1 Å². The molecule has 1 aromatic heterocycles. The SMILES string of the molecule is CC(C)C(N)CN(C)Cc1ccc(Cl)s1. The first-order valence-corrected chi connectivity index (χ1v) is 6.37. The fourth-order valence-electron chi connectivity index (χ4n) is 1.34. The number of nitrogens with two attached hydrogens (primary N) is 1. The molecule has 1 rings (SSSR count).